The lowest BCUT2D eigenvalue weighted by molar-refractivity contribution is 0.102. The number of hydrogen-bond acceptors (Lipinski definition) is 5. The molecule has 0 saturated heterocycles. The van der Waals surface area contributed by atoms with Gasteiger partial charge < -0.3 is 11.1 Å². The lowest BCUT2D eigenvalue weighted by Crippen LogP contribution is -2.16. The number of nitrogen functional groups attached to an aromatic ring is 1. The summed E-state index contributed by atoms with van der Waals surface area (Å²) in [6.45, 7) is 2.77. The van der Waals surface area contributed by atoms with Crippen LogP contribution in [0.5, 0.6) is 0 Å². The molecule has 3 aromatic rings. The summed E-state index contributed by atoms with van der Waals surface area (Å²) in [5.41, 5.74) is 7.38. The molecule has 2 heterocycles. The predicted molar refractivity (Wildman–Crippen MR) is 79.8 cm³/mol. The van der Waals surface area contributed by atoms with Crippen LogP contribution in [0.4, 0.5) is 11.5 Å². The number of benzene rings is 1. The van der Waals surface area contributed by atoms with Gasteiger partial charge in [0, 0.05) is 30.0 Å². The van der Waals surface area contributed by atoms with Crippen LogP contribution < -0.4 is 11.1 Å². The highest BCUT2D eigenvalue weighted by Crippen LogP contribution is 2.19. The number of aryl methyl sites for hydroxylation is 1. The molecule has 0 atom stereocenters. The van der Waals surface area contributed by atoms with Crippen molar-refractivity contribution in [3.05, 3.63) is 42.5 Å². The number of anilines is 2. The molecule has 0 aliphatic carbocycles. The van der Waals surface area contributed by atoms with E-state index in [1.165, 1.54) is 12.4 Å². The summed E-state index contributed by atoms with van der Waals surface area (Å²) in [7, 11) is 0. The molecule has 7 nitrogen and oxygen atoms in total. The summed E-state index contributed by atoms with van der Waals surface area (Å²) in [6.07, 6.45) is 4.67. The van der Waals surface area contributed by atoms with Gasteiger partial charge in [-0.1, -0.05) is 0 Å². The maximum Gasteiger partial charge on any atom is 0.278 e. The van der Waals surface area contributed by atoms with Gasteiger partial charge >= 0.3 is 0 Å². The molecule has 0 aliphatic heterocycles. The van der Waals surface area contributed by atoms with Crippen molar-refractivity contribution in [2.24, 2.45) is 0 Å². The van der Waals surface area contributed by atoms with Crippen molar-refractivity contribution >= 4 is 28.3 Å². The fourth-order valence-electron chi connectivity index (χ4n) is 2.11. The Morgan fingerprint density at radius 3 is 2.90 bits per heavy atom. The fraction of sp³-hybridized carbons (Fsp3) is 0.143. The van der Waals surface area contributed by atoms with Crippen molar-refractivity contribution in [1.82, 2.24) is 19.7 Å². The first-order valence-electron chi connectivity index (χ1n) is 6.52. The van der Waals surface area contributed by atoms with E-state index in [-0.39, 0.29) is 17.4 Å². The zero-order chi connectivity index (χ0) is 14.8. The first-order valence-corrected chi connectivity index (χ1v) is 6.52. The van der Waals surface area contributed by atoms with Crippen LogP contribution >= 0.6 is 0 Å². The van der Waals surface area contributed by atoms with Crippen LogP contribution in [-0.2, 0) is 6.54 Å². The molecule has 0 fully saturated rings. The summed E-state index contributed by atoms with van der Waals surface area (Å²) in [6, 6.07) is 5.59. The van der Waals surface area contributed by atoms with Crippen LogP contribution in [0.2, 0.25) is 0 Å². The Morgan fingerprint density at radius 2 is 2.14 bits per heavy atom. The number of carbonyl (C=O) groups is 1. The van der Waals surface area contributed by atoms with E-state index in [0.29, 0.717) is 5.69 Å². The van der Waals surface area contributed by atoms with Crippen molar-refractivity contribution in [2.75, 3.05) is 11.1 Å². The minimum absolute atomic E-state index is 0.106. The molecule has 3 N–H and O–H groups in total. The normalized spacial score (nSPS) is 10.7. The smallest absolute Gasteiger partial charge is 0.278 e. The topological polar surface area (TPSA) is 98.7 Å². The molecule has 7 heteroatoms. The second kappa shape index (κ2) is 5.20. The van der Waals surface area contributed by atoms with Crippen LogP contribution in [0, 0.1) is 0 Å². The number of nitrogens with two attached hydrogens (primary N) is 1. The summed E-state index contributed by atoms with van der Waals surface area (Å²) in [4.78, 5) is 19.9. The number of nitrogens with zero attached hydrogens (tertiary/aromatic N) is 4. The number of rotatable bonds is 3. The van der Waals surface area contributed by atoms with Crippen molar-refractivity contribution in [1.29, 1.82) is 0 Å². The van der Waals surface area contributed by atoms with Crippen molar-refractivity contribution in [3.8, 4) is 0 Å². The van der Waals surface area contributed by atoms with E-state index < -0.39 is 0 Å². The standard InChI is InChI=1S/C14H14N6O/c1-2-20-11-7-10(4-3-9(11)8-18-20)19-14(21)12-13(15)17-6-5-16-12/h3-8H,2H2,1H3,(H2,15,17)(H,19,21). The number of hydrogen-bond donors (Lipinski definition) is 2. The van der Waals surface area contributed by atoms with Gasteiger partial charge in [0.1, 0.15) is 0 Å². The van der Waals surface area contributed by atoms with Crippen molar-refractivity contribution in [2.45, 2.75) is 13.5 Å². The first-order chi connectivity index (χ1) is 10.2. The number of carbonyl (C=O) groups excluding carboxylic acids is 1. The number of aromatic nitrogens is 4. The molecule has 0 bridgehead atoms. The van der Waals surface area contributed by atoms with E-state index in [1.54, 1.807) is 6.20 Å². The van der Waals surface area contributed by atoms with Crippen LogP contribution in [0.15, 0.2) is 36.8 Å². The van der Waals surface area contributed by atoms with Gasteiger partial charge in [-0.2, -0.15) is 5.10 Å². The lowest BCUT2D eigenvalue weighted by Gasteiger charge is -2.07. The molecule has 0 unspecified atom stereocenters. The predicted octanol–water partition coefficient (Wildman–Crippen LogP) is 1.68. The van der Waals surface area contributed by atoms with E-state index in [9.17, 15) is 4.79 Å². The van der Waals surface area contributed by atoms with Crippen LogP contribution in [0.25, 0.3) is 10.9 Å². The molecule has 21 heavy (non-hydrogen) atoms. The summed E-state index contributed by atoms with van der Waals surface area (Å²) < 4.78 is 1.86. The van der Waals surface area contributed by atoms with E-state index in [1.807, 2.05) is 29.8 Å². The molecule has 0 radical (unpaired) electrons. The maximum atomic E-state index is 12.1. The molecular weight excluding hydrogens is 268 g/mol. The fourth-order valence-corrected chi connectivity index (χ4v) is 2.11. The maximum absolute atomic E-state index is 12.1. The highest BCUT2D eigenvalue weighted by atomic mass is 16.1. The molecule has 1 amide bonds. The number of amides is 1. The molecule has 0 spiro atoms. The average Bonchev–Trinajstić information content (AvgIpc) is 2.90. The van der Waals surface area contributed by atoms with E-state index in [0.717, 1.165) is 17.4 Å². The van der Waals surface area contributed by atoms with Gasteiger partial charge in [0.25, 0.3) is 5.91 Å². The van der Waals surface area contributed by atoms with E-state index in [2.05, 4.69) is 20.4 Å². The molecule has 1 aromatic carbocycles. The SMILES string of the molecule is CCn1ncc2ccc(NC(=O)c3nccnc3N)cc21. The minimum Gasteiger partial charge on any atom is -0.382 e. The Bertz CT molecular complexity index is 810. The summed E-state index contributed by atoms with van der Waals surface area (Å²) in [5.74, 6) is -0.280. The second-order valence-electron chi connectivity index (χ2n) is 4.48. The minimum atomic E-state index is -0.387. The summed E-state index contributed by atoms with van der Waals surface area (Å²) in [5, 5.41) is 8.06. The molecule has 0 aliphatic rings. The Kier molecular flexibility index (Phi) is 3.23. The number of fused-ring (bicyclic) bond motifs is 1. The van der Waals surface area contributed by atoms with Crippen molar-refractivity contribution < 1.29 is 4.79 Å². The summed E-state index contributed by atoms with van der Waals surface area (Å²) >= 11 is 0. The molecule has 2 aromatic heterocycles. The molecular formula is C14H14N6O. The quantitative estimate of drug-likeness (QED) is 0.761. The Hall–Kier alpha value is -2.96. The van der Waals surface area contributed by atoms with Gasteiger partial charge in [-0.15, -0.1) is 0 Å². The van der Waals surface area contributed by atoms with Crippen LogP contribution in [0.3, 0.4) is 0 Å². The van der Waals surface area contributed by atoms with Gasteiger partial charge in [-0.3, -0.25) is 9.48 Å². The molecule has 106 valence electrons. The van der Waals surface area contributed by atoms with Gasteiger partial charge in [0.15, 0.2) is 11.5 Å². The highest BCUT2D eigenvalue weighted by Gasteiger charge is 2.12. The van der Waals surface area contributed by atoms with Crippen LogP contribution in [-0.4, -0.2) is 25.7 Å². The third-order valence-electron chi connectivity index (χ3n) is 3.14. The second-order valence-corrected chi connectivity index (χ2v) is 4.48. The zero-order valence-electron chi connectivity index (χ0n) is 11.4. The Balaban J connectivity index is 1.91. The lowest BCUT2D eigenvalue weighted by atomic mass is 10.2. The third kappa shape index (κ3) is 2.40. The first kappa shape index (κ1) is 13.0. The Morgan fingerprint density at radius 1 is 1.33 bits per heavy atom. The molecule has 0 saturated carbocycles. The molecule has 3 rings (SSSR count). The Labute approximate surface area is 120 Å². The monoisotopic (exact) mass is 282 g/mol. The van der Waals surface area contributed by atoms with Gasteiger partial charge in [-0.05, 0) is 25.1 Å². The van der Waals surface area contributed by atoms with Crippen molar-refractivity contribution in [3.63, 3.8) is 0 Å². The van der Waals surface area contributed by atoms with E-state index >= 15 is 0 Å². The largest absolute Gasteiger partial charge is 0.382 e. The van der Waals surface area contributed by atoms with Gasteiger partial charge in [0.05, 0.1) is 11.7 Å². The van der Waals surface area contributed by atoms with Crippen LogP contribution in [0.1, 0.15) is 17.4 Å². The van der Waals surface area contributed by atoms with Gasteiger partial charge in [0.2, 0.25) is 0 Å². The van der Waals surface area contributed by atoms with Gasteiger partial charge in [-0.25, -0.2) is 9.97 Å². The zero-order valence-corrected chi connectivity index (χ0v) is 11.4. The van der Waals surface area contributed by atoms with E-state index in [4.69, 9.17) is 5.73 Å². The third-order valence-corrected chi connectivity index (χ3v) is 3.14. The highest BCUT2D eigenvalue weighted by molar-refractivity contribution is 6.06. The number of nitrogens with one attached hydrogen (secondary N) is 1. The average molecular weight is 282 g/mol.